The Labute approximate surface area is 126 Å². The van der Waals surface area contributed by atoms with Crippen molar-refractivity contribution in [2.75, 3.05) is 16.0 Å². The van der Waals surface area contributed by atoms with Gasteiger partial charge in [0.2, 0.25) is 5.91 Å². The van der Waals surface area contributed by atoms with Crippen LogP contribution < -0.4 is 21.7 Å². The zero-order valence-corrected chi connectivity index (χ0v) is 12.3. The third kappa shape index (κ3) is 4.50. The lowest BCUT2D eigenvalue weighted by atomic mass is 10.2. The molecule has 3 amide bonds. The molecule has 0 fully saturated rings. The summed E-state index contributed by atoms with van der Waals surface area (Å²) in [5.74, 6) is -0.0951. The number of hydrogen-bond donors (Lipinski definition) is 4. The molecule has 0 radical (unpaired) electrons. The lowest BCUT2D eigenvalue weighted by molar-refractivity contribution is -0.114. The van der Waals surface area contributed by atoms with E-state index in [2.05, 4.69) is 16.0 Å². The lowest BCUT2D eigenvalue weighted by Gasteiger charge is -2.09. The van der Waals surface area contributed by atoms with E-state index in [9.17, 15) is 9.59 Å². The summed E-state index contributed by atoms with van der Waals surface area (Å²) in [5.41, 5.74) is 7.37. The number of nitrogens with two attached hydrogens (primary N) is 1. The van der Waals surface area contributed by atoms with E-state index >= 15 is 0 Å². The molecule has 0 unspecified atom stereocenters. The fourth-order valence-corrected chi connectivity index (χ4v) is 2.58. The molecule has 1 aromatic carbocycles. The van der Waals surface area contributed by atoms with Crippen molar-refractivity contribution in [3.05, 3.63) is 40.6 Å². The Morgan fingerprint density at radius 1 is 1.19 bits per heavy atom. The molecule has 0 aliphatic carbocycles. The first-order valence-electron chi connectivity index (χ1n) is 6.29. The monoisotopic (exact) mass is 304 g/mol. The van der Waals surface area contributed by atoms with Gasteiger partial charge in [-0.2, -0.15) is 0 Å². The molecule has 21 heavy (non-hydrogen) atoms. The van der Waals surface area contributed by atoms with Gasteiger partial charge in [-0.15, -0.1) is 11.3 Å². The van der Waals surface area contributed by atoms with Gasteiger partial charge in [0.25, 0.3) is 0 Å². The van der Waals surface area contributed by atoms with Gasteiger partial charge in [-0.3, -0.25) is 4.79 Å². The molecule has 6 nitrogen and oxygen atoms in total. The first kappa shape index (κ1) is 14.9. The summed E-state index contributed by atoms with van der Waals surface area (Å²) in [6, 6.07) is 8.52. The fourth-order valence-electron chi connectivity index (χ4n) is 1.81. The lowest BCUT2D eigenvalue weighted by Crippen LogP contribution is -2.19. The number of urea groups is 1. The topological polar surface area (TPSA) is 96.2 Å². The average Bonchev–Trinajstić information content (AvgIpc) is 2.82. The van der Waals surface area contributed by atoms with Gasteiger partial charge in [0.15, 0.2) is 0 Å². The molecule has 0 saturated carbocycles. The van der Waals surface area contributed by atoms with Crippen molar-refractivity contribution in [2.24, 2.45) is 5.73 Å². The molecule has 0 atom stereocenters. The van der Waals surface area contributed by atoms with Crippen molar-refractivity contribution in [3.8, 4) is 0 Å². The molecule has 0 spiro atoms. The van der Waals surface area contributed by atoms with E-state index in [0.29, 0.717) is 12.2 Å². The normalized spacial score (nSPS) is 9.95. The molecule has 110 valence electrons. The number of hydrogen-bond acceptors (Lipinski definition) is 4. The number of primary amides is 1. The van der Waals surface area contributed by atoms with Gasteiger partial charge in [-0.25, -0.2) is 4.79 Å². The Hall–Kier alpha value is -2.54. The standard InChI is InChI=1S/C14H16N4O2S/c1-9(19)17-12-5-6-21-13(12)8-16-10-3-2-4-11(7-10)18-14(15)20/h2-7,16H,8H2,1H3,(H,17,19)(H3,15,18,20). The molecule has 1 heterocycles. The number of amides is 3. The summed E-state index contributed by atoms with van der Waals surface area (Å²) < 4.78 is 0. The predicted molar refractivity (Wildman–Crippen MR) is 85.6 cm³/mol. The fraction of sp³-hybridized carbons (Fsp3) is 0.143. The molecular weight excluding hydrogens is 288 g/mol. The van der Waals surface area contributed by atoms with Crippen LogP contribution in [0.5, 0.6) is 0 Å². The third-order valence-electron chi connectivity index (χ3n) is 2.64. The van der Waals surface area contributed by atoms with Gasteiger partial charge >= 0.3 is 6.03 Å². The van der Waals surface area contributed by atoms with Crippen LogP contribution >= 0.6 is 11.3 Å². The maximum absolute atomic E-state index is 11.1. The summed E-state index contributed by atoms with van der Waals surface area (Å²) in [6.45, 7) is 2.06. The second-order valence-corrected chi connectivity index (χ2v) is 5.36. The van der Waals surface area contributed by atoms with Gasteiger partial charge in [0.05, 0.1) is 12.2 Å². The zero-order valence-electron chi connectivity index (χ0n) is 11.5. The van der Waals surface area contributed by atoms with Crippen LogP contribution in [0, 0.1) is 0 Å². The molecule has 1 aromatic heterocycles. The summed E-state index contributed by atoms with van der Waals surface area (Å²) in [7, 11) is 0. The first-order valence-corrected chi connectivity index (χ1v) is 7.17. The minimum Gasteiger partial charge on any atom is -0.380 e. The highest BCUT2D eigenvalue weighted by Gasteiger charge is 2.06. The molecule has 2 rings (SSSR count). The Morgan fingerprint density at radius 2 is 1.95 bits per heavy atom. The molecule has 0 bridgehead atoms. The average molecular weight is 304 g/mol. The molecule has 0 aliphatic rings. The maximum Gasteiger partial charge on any atom is 0.316 e. The Balaban J connectivity index is 2.01. The molecule has 0 aliphatic heterocycles. The number of thiophene rings is 1. The third-order valence-corrected chi connectivity index (χ3v) is 3.56. The minimum atomic E-state index is -0.599. The van der Waals surface area contributed by atoms with Crippen LogP contribution in [0.4, 0.5) is 21.9 Å². The van der Waals surface area contributed by atoms with Crippen LogP contribution in [0.15, 0.2) is 35.7 Å². The van der Waals surface area contributed by atoms with Crippen LogP contribution in [-0.2, 0) is 11.3 Å². The van der Waals surface area contributed by atoms with Gasteiger partial charge in [0.1, 0.15) is 0 Å². The number of carbonyl (C=O) groups excluding carboxylic acids is 2. The van der Waals surface area contributed by atoms with Crippen molar-refractivity contribution in [1.29, 1.82) is 0 Å². The van der Waals surface area contributed by atoms with Crippen LogP contribution in [0.25, 0.3) is 0 Å². The molecule has 0 saturated heterocycles. The van der Waals surface area contributed by atoms with Gasteiger partial charge in [0, 0.05) is 23.2 Å². The quantitative estimate of drug-likeness (QED) is 0.684. The summed E-state index contributed by atoms with van der Waals surface area (Å²) in [5, 5.41) is 10.5. The molecule has 7 heteroatoms. The maximum atomic E-state index is 11.1. The van der Waals surface area contributed by atoms with Crippen LogP contribution in [0.3, 0.4) is 0 Å². The van der Waals surface area contributed by atoms with E-state index in [0.717, 1.165) is 16.3 Å². The van der Waals surface area contributed by atoms with Crippen molar-refractivity contribution in [2.45, 2.75) is 13.5 Å². The second kappa shape index (κ2) is 6.76. The highest BCUT2D eigenvalue weighted by atomic mass is 32.1. The molecule has 2 aromatic rings. The minimum absolute atomic E-state index is 0.0951. The highest BCUT2D eigenvalue weighted by Crippen LogP contribution is 2.24. The number of nitrogens with one attached hydrogen (secondary N) is 3. The second-order valence-electron chi connectivity index (χ2n) is 4.36. The number of rotatable bonds is 5. The Morgan fingerprint density at radius 3 is 2.67 bits per heavy atom. The van der Waals surface area contributed by atoms with Crippen molar-refractivity contribution >= 4 is 40.3 Å². The van der Waals surface area contributed by atoms with E-state index in [-0.39, 0.29) is 5.91 Å². The van der Waals surface area contributed by atoms with E-state index in [1.165, 1.54) is 6.92 Å². The van der Waals surface area contributed by atoms with E-state index < -0.39 is 6.03 Å². The van der Waals surface area contributed by atoms with Crippen LogP contribution in [0.1, 0.15) is 11.8 Å². The predicted octanol–water partition coefficient (Wildman–Crippen LogP) is 2.81. The summed E-state index contributed by atoms with van der Waals surface area (Å²) in [4.78, 5) is 23.0. The summed E-state index contributed by atoms with van der Waals surface area (Å²) >= 11 is 1.56. The van der Waals surface area contributed by atoms with Gasteiger partial charge in [-0.05, 0) is 29.6 Å². The van der Waals surface area contributed by atoms with E-state index in [4.69, 9.17) is 5.73 Å². The highest BCUT2D eigenvalue weighted by molar-refractivity contribution is 7.10. The van der Waals surface area contributed by atoms with Gasteiger partial charge < -0.3 is 21.7 Å². The van der Waals surface area contributed by atoms with E-state index in [1.54, 1.807) is 23.5 Å². The molecule has 5 N–H and O–H groups in total. The number of carbonyl (C=O) groups is 2. The van der Waals surface area contributed by atoms with Crippen molar-refractivity contribution < 1.29 is 9.59 Å². The van der Waals surface area contributed by atoms with Crippen molar-refractivity contribution in [1.82, 2.24) is 0 Å². The Kier molecular flexibility index (Phi) is 4.78. The number of benzene rings is 1. The largest absolute Gasteiger partial charge is 0.380 e. The van der Waals surface area contributed by atoms with Crippen LogP contribution in [-0.4, -0.2) is 11.9 Å². The smallest absolute Gasteiger partial charge is 0.316 e. The summed E-state index contributed by atoms with van der Waals surface area (Å²) in [6.07, 6.45) is 0. The number of anilines is 3. The Bertz CT molecular complexity index is 654. The van der Waals surface area contributed by atoms with Gasteiger partial charge in [-0.1, -0.05) is 6.07 Å². The van der Waals surface area contributed by atoms with Crippen LogP contribution in [0.2, 0.25) is 0 Å². The van der Waals surface area contributed by atoms with E-state index in [1.807, 2.05) is 23.6 Å². The van der Waals surface area contributed by atoms with Crippen molar-refractivity contribution in [3.63, 3.8) is 0 Å². The first-order chi connectivity index (χ1) is 10.0. The SMILES string of the molecule is CC(=O)Nc1ccsc1CNc1cccc(NC(N)=O)c1. The molecular formula is C14H16N4O2S. The zero-order chi connectivity index (χ0) is 15.2.